The molecule has 0 atom stereocenters. The molecule has 1 amide bonds. The molecule has 6 heteroatoms. The molecule has 1 N–H and O–H groups in total. The molecule has 0 spiro atoms. The van der Waals surface area contributed by atoms with E-state index in [2.05, 4.69) is 5.32 Å². The number of para-hydroxylation sites is 2. The first-order chi connectivity index (χ1) is 11.1. The van der Waals surface area contributed by atoms with E-state index in [1.165, 1.54) is 21.3 Å². The van der Waals surface area contributed by atoms with Crippen molar-refractivity contribution >= 4 is 17.6 Å². The maximum absolute atomic E-state index is 12.5. The van der Waals surface area contributed by atoms with E-state index in [9.17, 15) is 9.59 Å². The molecule has 0 radical (unpaired) electrons. The zero-order valence-electron chi connectivity index (χ0n) is 13.1. The molecular formula is C17H17NO5. The molecule has 0 bridgehead atoms. The number of benzene rings is 2. The Morgan fingerprint density at radius 3 is 2.22 bits per heavy atom. The lowest BCUT2D eigenvalue weighted by atomic mass is 10.1. The quantitative estimate of drug-likeness (QED) is 0.859. The average Bonchev–Trinajstić information content (AvgIpc) is 2.60. The summed E-state index contributed by atoms with van der Waals surface area (Å²) in [4.78, 5) is 24.3. The highest BCUT2D eigenvalue weighted by molar-refractivity contribution is 6.09. The molecule has 0 aliphatic carbocycles. The van der Waals surface area contributed by atoms with Crippen LogP contribution in [0.5, 0.6) is 11.5 Å². The van der Waals surface area contributed by atoms with Crippen LogP contribution in [0.4, 0.5) is 5.69 Å². The Morgan fingerprint density at radius 2 is 1.57 bits per heavy atom. The molecule has 23 heavy (non-hydrogen) atoms. The van der Waals surface area contributed by atoms with E-state index in [1.807, 2.05) is 0 Å². The third-order valence-corrected chi connectivity index (χ3v) is 3.23. The van der Waals surface area contributed by atoms with Gasteiger partial charge < -0.3 is 19.5 Å². The summed E-state index contributed by atoms with van der Waals surface area (Å²) in [6.45, 7) is 0. The van der Waals surface area contributed by atoms with E-state index in [0.717, 1.165) is 0 Å². The minimum absolute atomic E-state index is 0.269. The zero-order chi connectivity index (χ0) is 16.8. The normalized spacial score (nSPS) is 9.87. The number of methoxy groups -OCH3 is 3. The highest BCUT2D eigenvalue weighted by atomic mass is 16.5. The van der Waals surface area contributed by atoms with Crippen LogP contribution < -0.4 is 14.8 Å². The van der Waals surface area contributed by atoms with Crippen LogP contribution in [0.2, 0.25) is 0 Å². The third-order valence-electron chi connectivity index (χ3n) is 3.23. The highest BCUT2D eigenvalue weighted by Gasteiger charge is 2.19. The number of nitrogens with one attached hydrogen (secondary N) is 1. The van der Waals surface area contributed by atoms with Crippen LogP contribution in [-0.4, -0.2) is 33.2 Å². The molecule has 2 aromatic rings. The van der Waals surface area contributed by atoms with Crippen LogP contribution in [0.3, 0.4) is 0 Å². The monoisotopic (exact) mass is 315 g/mol. The molecule has 0 aromatic heterocycles. The van der Waals surface area contributed by atoms with Crippen molar-refractivity contribution in [2.75, 3.05) is 26.6 Å². The first-order valence-corrected chi connectivity index (χ1v) is 6.82. The van der Waals surface area contributed by atoms with E-state index in [0.29, 0.717) is 22.7 Å². The second-order valence-electron chi connectivity index (χ2n) is 4.53. The predicted octanol–water partition coefficient (Wildman–Crippen LogP) is 2.74. The lowest BCUT2D eigenvalue weighted by Gasteiger charge is -2.13. The van der Waals surface area contributed by atoms with Gasteiger partial charge in [0.1, 0.15) is 0 Å². The summed E-state index contributed by atoms with van der Waals surface area (Å²) >= 11 is 0. The number of esters is 1. The van der Waals surface area contributed by atoms with Gasteiger partial charge in [0.25, 0.3) is 5.91 Å². The topological polar surface area (TPSA) is 73.9 Å². The van der Waals surface area contributed by atoms with Gasteiger partial charge in [0.15, 0.2) is 11.5 Å². The summed E-state index contributed by atoms with van der Waals surface area (Å²) in [5.74, 6) is -0.180. The molecule has 6 nitrogen and oxygen atoms in total. The highest BCUT2D eigenvalue weighted by Crippen LogP contribution is 2.31. The van der Waals surface area contributed by atoms with Crippen molar-refractivity contribution in [2.45, 2.75) is 0 Å². The first-order valence-electron chi connectivity index (χ1n) is 6.82. The number of carbonyl (C=O) groups excluding carboxylic acids is 2. The number of hydrogen-bond donors (Lipinski definition) is 1. The Kier molecular flexibility index (Phi) is 5.19. The molecule has 0 aliphatic heterocycles. The van der Waals surface area contributed by atoms with Gasteiger partial charge >= 0.3 is 5.97 Å². The van der Waals surface area contributed by atoms with E-state index in [4.69, 9.17) is 14.2 Å². The molecule has 0 saturated carbocycles. The van der Waals surface area contributed by atoms with Crippen LogP contribution in [0.15, 0.2) is 42.5 Å². The minimum Gasteiger partial charge on any atom is -0.493 e. The zero-order valence-corrected chi connectivity index (χ0v) is 13.1. The maximum atomic E-state index is 12.5. The second-order valence-corrected chi connectivity index (χ2v) is 4.53. The van der Waals surface area contributed by atoms with Crippen molar-refractivity contribution in [3.05, 3.63) is 53.6 Å². The Hall–Kier alpha value is -3.02. The first kappa shape index (κ1) is 16.4. The molecule has 0 unspecified atom stereocenters. The van der Waals surface area contributed by atoms with Crippen molar-refractivity contribution in [3.8, 4) is 11.5 Å². The van der Waals surface area contributed by atoms with Crippen molar-refractivity contribution in [3.63, 3.8) is 0 Å². The van der Waals surface area contributed by atoms with Crippen molar-refractivity contribution in [2.24, 2.45) is 0 Å². The van der Waals surface area contributed by atoms with E-state index < -0.39 is 11.9 Å². The Balaban J connectivity index is 2.36. The van der Waals surface area contributed by atoms with Gasteiger partial charge in [0, 0.05) is 0 Å². The minimum atomic E-state index is -0.529. The van der Waals surface area contributed by atoms with E-state index in [-0.39, 0.29) is 5.56 Å². The van der Waals surface area contributed by atoms with Crippen LogP contribution in [0.1, 0.15) is 20.7 Å². The van der Waals surface area contributed by atoms with Crippen molar-refractivity contribution in [1.29, 1.82) is 0 Å². The summed E-state index contributed by atoms with van der Waals surface area (Å²) in [6.07, 6.45) is 0. The van der Waals surface area contributed by atoms with E-state index in [1.54, 1.807) is 42.5 Å². The number of hydrogen-bond acceptors (Lipinski definition) is 5. The molecule has 2 rings (SSSR count). The van der Waals surface area contributed by atoms with Crippen LogP contribution in [0, 0.1) is 0 Å². The maximum Gasteiger partial charge on any atom is 0.339 e. The van der Waals surface area contributed by atoms with Gasteiger partial charge in [0.2, 0.25) is 0 Å². The van der Waals surface area contributed by atoms with Crippen molar-refractivity contribution < 1.29 is 23.8 Å². The number of amides is 1. The third kappa shape index (κ3) is 3.42. The van der Waals surface area contributed by atoms with Gasteiger partial charge in [-0.1, -0.05) is 18.2 Å². The summed E-state index contributed by atoms with van der Waals surface area (Å²) in [6, 6.07) is 11.6. The van der Waals surface area contributed by atoms with Gasteiger partial charge in [-0.25, -0.2) is 4.79 Å². The fourth-order valence-corrected chi connectivity index (χ4v) is 2.14. The molecule has 120 valence electrons. The average molecular weight is 315 g/mol. The van der Waals surface area contributed by atoms with Crippen LogP contribution in [-0.2, 0) is 4.74 Å². The van der Waals surface area contributed by atoms with Crippen LogP contribution >= 0.6 is 0 Å². The van der Waals surface area contributed by atoms with Crippen LogP contribution in [0.25, 0.3) is 0 Å². The summed E-state index contributed by atoms with van der Waals surface area (Å²) in [5.41, 5.74) is 0.922. The smallest absolute Gasteiger partial charge is 0.339 e. The fourth-order valence-electron chi connectivity index (χ4n) is 2.14. The Labute approximate surface area is 134 Å². The fraction of sp³-hybridized carbons (Fsp3) is 0.176. The van der Waals surface area contributed by atoms with Gasteiger partial charge in [-0.15, -0.1) is 0 Å². The second kappa shape index (κ2) is 7.31. The lowest BCUT2D eigenvalue weighted by Crippen LogP contribution is -2.16. The van der Waals surface area contributed by atoms with E-state index >= 15 is 0 Å². The SMILES string of the molecule is COC(=O)c1ccccc1NC(=O)c1cccc(OC)c1OC. The van der Waals surface area contributed by atoms with Gasteiger partial charge in [-0.2, -0.15) is 0 Å². The molecule has 0 fully saturated rings. The number of anilines is 1. The van der Waals surface area contributed by atoms with Gasteiger partial charge in [-0.05, 0) is 24.3 Å². The summed E-state index contributed by atoms with van der Waals surface area (Å²) in [5, 5.41) is 2.69. The Morgan fingerprint density at radius 1 is 0.870 bits per heavy atom. The standard InChI is InChI=1S/C17H17NO5/c1-21-14-10-6-8-12(15(14)22-2)16(19)18-13-9-5-4-7-11(13)17(20)23-3/h4-10H,1-3H3,(H,18,19). The molecule has 0 saturated heterocycles. The predicted molar refractivity (Wildman–Crippen MR) is 85.3 cm³/mol. The number of rotatable bonds is 5. The van der Waals surface area contributed by atoms with Gasteiger partial charge in [0.05, 0.1) is 38.1 Å². The molecule has 0 aliphatic rings. The molecular weight excluding hydrogens is 298 g/mol. The molecule has 0 heterocycles. The number of carbonyl (C=O) groups is 2. The lowest BCUT2D eigenvalue weighted by molar-refractivity contribution is 0.0602. The Bertz CT molecular complexity index is 727. The van der Waals surface area contributed by atoms with Gasteiger partial charge in [-0.3, -0.25) is 4.79 Å². The largest absolute Gasteiger partial charge is 0.493 e. The summed E-state index contributed by atoms with van der Waals surface area (Å²) < 4.78 is 15.1. The van der Waals surface area contributed by atoms with Crippen molar-refractivity contribution in [1.82, 2.24) is 0 Å². The number of ether oxygens (including phenoxy) is 3. The molecule has 2 aromatic carbocycles. The summed E-state index contributed by atoms with van der Waals surface area (Å²) in [7, 11) is 4.23.